The van der Waals surface area contributed by atoms with Gasteiger partial charge >= 0.3 is 0 Å². The maximum Gasteiger partial charge on any atom is -0.000790 e. The third-order valence-corrected chi connectivity index (χ3v) is 7.42. The molecule has 0 radical (unpaired) electrons. The van der Waals surface area contributed by atoms with E-state index in [2.05, 4.69) is 85.4 Å². The van der Waals surface area contributed by atoms with E-state index in [4.69, 9.17) is 0 Å². The third kappa shape index (κ3) is 3.86. The van der Waals surface area contributed by atoms with Crippen LogP contribution in [0.3, 0.4) is 0 Å². The molecule has 2 aliphatic rings. The summed E-state index contributed by atoms with van der Waals surface area (Å²) in [7, 11) is 0. The number of benzene rings is 2. The lowest BCUT2D eigenvalue weighted by molar-refractivity contribution is 0.472. The van der Waals surface area contributed by atoms with E-state index in [1.54, 1.807) is 16.7 Å². The van der Waals surface area contributed by atoms with Crippen LogP contribution in [0.5, 0.6) is 0 Å². The van der Waals surface area contributed by atoms with Crippen molar-refractivity contribution in [3.63, 3.8) is 0 Å². The average Bonchev–Trinajstić information content (AvgIpc) is 2.83. The molecule has 0 aliphatic heterocycles. The Kier molecular flexibility index (Phi) is 5.63. The van der Waals surface area contributed by atoms with Crippen LogP contribution in [-0.4, -0.2) is 0 Å². The van der Waals surface area contributed by atoms with Gasteiger partial charge in [0.1, 0.15) is 0 Å². The second-order valence-electron chi connectivity index (χ2n) is 10.6. The Labute approximate surface area is 189 Å². The summed E-state index contributed by atoms with van der Waals surface area (Å²) < 4.78 is 0. The predicted molar refractivity (Wildman–Crippen MR) is 137 cm³/mol. The van der Waals surface area contributed by atoms with Gasteiger partial charge in [-0.05, 0) is 126 Å². The summed E-state index contributed by atoms with van der Waals surface area (Å²) in [5, 5.41) is 0. The Balaban J connectivity index is 2.02. The molecular weight excluding hydrogens is 372 g/mol. The zero-order valence-electron chi connectivity index (χ0n) is 20.6. The van der Waals surface area contributed by atoms with Crippen molar-refractivity contribution in [2.24, 2.45) is 5.41 Å². The van der Waals surface area contributed by atoms with Crippen LogP contribution in [0.2, 0.25) is 0 Å². The summed E-state index contributed by atoms with van der Waals surface area (Å²) in [6.07, 6.45) is 12.5. The van der Waals surface area contributed by atoms with Gasteiger partial charge in [-0.3, -0.25) is 0 Å². The number of aryl methyl sites for hydroxylation is 1. The van der Waals surface area contributed by atoms with E-state index in [0.29, 0.717) is 0 Å². The second kappa shape index (κ2) is 7.97. The van der Waals surface area contributed by atoms with Crippen LogP contribution >= 0.6 is 0 Å². The molecule has 0 fully saturated rings. The van der Waals surface area contributed by atoms with Gasteiger partial charge in [-0.1, -0.05) is 63.3 Å². The van der Waals surface area contributed by atoms with Gasteiger partial charge in [-0.2, -0.15) is 0 Å². The van der Waals surface area contributed by atoms with Gasteiger partial charge in [0.25, 0.3) is 0 Å². The fraction of sp³-hybridized carbons (Fsp3) is 0.419. The molecule has 0 spiro atoms. The average molecular weight is 411 g/mol. The van der Waals surface area contributed by atoms with Crippen molar-refractivity contribution in [2.45, 2.75) is 80.6 Å². The number of fused-ring (bicyclic) bond motifs is 4. The van der Waals surface area contributed by atoms with Crippen molar-refractivity contribution in [3.05, 3.63) is 92.1 Å². The first-order chi connectivity index (χ1) is 14.6. The molecule has 162 valence electrons. The van der Waals surface area contributed by atoms with Crippen molar-refractivity contribution in [1.82, 2.24) is 0 Å². The second-order valence-corrected chi connectivity index (χ2v) is 10.6. The van der Waals surface area contributed by atoms with Crippen molar-refractivity contribution >= 4 is 11.6 Å². The zero-order chi connectivity index (χ0) is 22.5. The molecule has 0 N–H and O–H groups in total. The molecule has 0 atom stereocenters. The fourth-order valence-electron chi connectivity index (χ4n) is 5.79. The van der Waals surface area contributed by atoms with Gasteiger partial charge in [-0.25, -0.2) is 0 Å². The minimum absolute atomic E-state index is 0.207. The molecular formula is C31H38. The molecule has 0 saturated carbocycles. The van der Waals surface area contributed by atoms with Crippen molar-refractivity contribution in [3.8, 4) is 0 Å². The van der Waals surface area contributed by atoms with Crippen LogP contribution < -0.4 is 0 Å². The van der Waals surface area contributed by atoms with Crippen LogP contribution in [-0.2, 0) is 32.1 Å². The van der Waals surface area contributed by atoms with Gasteiger partial charge in [0.2, 0.25) is 0 Å². The van der Waals surface area contributed by atoms with E-state index in [0.717, 1.165) is 32.1 Å². The van der Waals surface area contributed by atoms with Gasteiger partial charge in [0.05, 0.1) is 0 Å². The van der Waals surface area contributed by atoms with Gasteiger partial charge in [0, 0.05) is 0 Å². The summed E-state index contributed by atoms with van der Waals surface area (Å²) in [6, 6.07) is 4.66. The van der Waals surface area contributed by atoms with Crippen molar-refractivity contribution in [1.29, 1.82) is 0 Å². The molecule has 0 aromatic heterocycles. The quantitative estimate of drug-likeness (QED) is 0.448. The summed E-state index contributed by atoms with van der Waals surface area (Å²) in [6.45, 7) is 20.7. The Hall–Kier alpha value is -2.34. The lowest BCUT2D eigenvalue weighted by atomic mass is 9.72. The Morgan fingerprint density at radius 3 is 2.45 bits per heavy atom. The molecule has 0 heterocycles. The first-order valence-corrected chi connectivity index (χ1v) is 11.9. The highest BCUT2D eigenvalue weighted by Crippen LogP contribution is 2.44. The summed E-state index contributed by atoms with van der Waals surface area (Å²) in [5.74, 6) is 0. The van der Waals surface area contributed by atoms with Crippen molar-refractivity contribution < 1.29 is 0 Å². The number of allylic oxidation sites excluding steroid dienone is 4. The van der Waals surface area contributed by atoms with Crippen molar-refractivity contribution in [2.75, 3.05) is 0 Å². The topological polar surface area (TPSA) is 0 Å². The van der Waals surface area contributed by atoms with Crippen LogP contribution in [0.4, 0.5) is 0 Å². The lowest BCUT2D eigenvalue weighted by Crippen LogP contribution is -2.20. The lowest BCUT2D eigenvalue weighted by Gasteiger charge is -2.32. The molecule has 2 aliphatic carbocycles. The maximum atomic E-state index is 4.63. The summed E-state index contributed by atoms with van der Waals surface area (Å²) in [5.41, 5.74) is 17.9. The Bertz CT molecular complexity index is 1130. The number of hydrogen-bond acceptors (Lipinski definition) is 0. The number of rotatable bonds is 3. The molecule has 4 rings (SSSR count). The van der Waals surface area contributed by atoms with Crippen LogP contribution in [0.15, 0.2) is 36.4 Å². The third-order valence-electron chi connectivity index (χ3n) is 7.42. The highest BCUT2D eigenvalue weighted by atomic mass is 14.3. The minimum atomic E-state index is 0.207. The van der Waals surface area contributed by atoms with Gasteiger partial charge in [0.15, 0.2) is 0 Å². The zero-order valence-corrected chi connectivity index (χ0v) is 20.6. The predicted octanol–water partition coefficient (Wildman–Crippen LogP) is 8.13. The van der Waals surface area contributed by atoms with Crippen LogP contribution in [0.1, 0.15) is 90.3 Å². The van der Waals surface area contributed by atoms with Gasteiger partial charge < -0.3 is 0 Å². The fourth-order valence-corrected chi connectivity index (χ4v) is 5.79. The summed E-state index contributed by atoms with van der Waals surface area (Å²) >= 11 is 0. The highest BCUT2D eigenvalue weighted by Gasteiger charge is 2.30. The SMILES string of the molecule is C=C1Cc2ccc(C)c(CC)c2Cc2c3c(c(CC=C(C)C)c(C)c21)CC(C)(C)C=C3. The monoisotopic (exact) mass is 410 g/mol. The molecule has 2 aromatic rings. The smallest absolute Gasteiger partial charge is 0.000790 e. The highest BCUT2D eigenvalue weighted by molar-refractivity contribution is 5.81. The summed E-state index contributed by atoms with van der Waals surface area (Å²) in [4.78, 5) is 0. The molecule has 0 nitrogen and oxygen atoms in total. The van der Waals surface area contributed by atoms with E-state index in [1.165, 1.54) is 50.1 Å². The first-order valence-electron chi connectivity index (χ1n) is 11.9. The molecule has 0 bridgehead atoms. The number of hydrogen-bond donors (Lipinski definition) is 0. The van der Waals surface area contributed by atoms with E-state index in [1.807, 2.05) is 0 Å². The molecule has 0 unspecified atom stereocenters. The van der Waals surface area contributed by atoms with Gasteiger partial charge in [-0.15, -0.1) is 0 Å². The normalized spacial score (nSPS) is 16.3. The van der Waals surface area contributed by atoms with Crippen LogP contribution in [0, 0.1) is 19.3 Å². The molecule has 0 saturated heterocycles. The van der Waals surface area contributed by atoms with E-state index in [9.17, 15) is 0 Å². The minimum Gasteiger partial charge on any atom is -0.0949 e. The maximum absolute atomic E-state index is 4.63. The van der Waals surface area contributed by atoms with E-state index < -0.39 is 0 Å². The molecule has 0 amide bonds. The molecule has 0 heteroatoms. The standard InChI is InChI=1S/C31H38/c1-9-24-20(4)11-12-23-16-21(5)30-22(6)25(13-10-19(2)3)29-18-31(7,8)15-14-26(29)28(30)17-27(23)24/h10-12,14-15H,5,9,13,16-18H2,1-4,6-8H3. The molecule has 31 heavy (non-hydrogen) atoms. The Morgan fingerprint density at radius 1 is 1.03 bits per heavy atom. The first kappa shape index (κ1) is 21.9. The van der Waals surface area contributed by atoms with E-state index in [-0.39, 0.29) is 5.41 Å². The van der Waals surface area contributed by atoms with Crippen LogP contribution in [0.25, 0.3) is 11.6 Å². The molecule has 2 aromatic carbocycles. The Morgan fingerprint density at radius 2 is 1.77 bits per heavy atom. The largest absolute Gasteiger partial charge is 0.0949 e. The van der Waals surface area contributed by atoms with E-state index >= 15 is 0 Å².